The molecule has 2 aromatic rings. The van der Waals surface area contributed by atoms with Gasteiger partial charge in [-0.25, -0.2) is 9.78 Å². The lowest BCUT2D eigenvalue weighted by atomic mass is 10.3. The molecule has 0 spiro atoms. The highest BCUT2D eigenvalue weighted by Gasteiger charge is 2.14. The van der Waals surface area contributed by atoms with E-state index in [-0.39, 0.29) is 0 Å². The van der Waals surface area contributed by atoms with Gasteiger partial charge in [0, 0.05) is 5.38 Å². The van der Waals surface area contributed by atoms with Crippen LogP contribution in [-0.4, -0.2) is 27.8 Å². The van der Waals surface area contributed by atoms with E-state index in [2.05, 4.69) is 15.2 Å². The Bertz CT molecular complexity index is 505. The Hall–Kier alpha value is -1.89. The van der Waals surface area contributed by atoms with E-state index in [1.54, 1.807) is 18.5 Å². The number of esters is 1. The Kier molecular flexibility index (Phi) is 2.86. The van der Waals surface area contributed by atoms with Gasteiger partial charge in [0.2, 0.25) is 0 Å². The molecular weight excluding hydrogens is 228 g/mol. The number of nitrogens with two attached hydrogens (primary N) is 1. The fourth-order valence-corrected chi connectivity index (χ4v) is 1.98. The van der Waals surface area contributed by atoms with E-state index in [9.17, 15) is 4.79 Å². The summed E-state index contributed by atoms with van der Waals surface area (Å²) in [6.07, 6.45) is 1.57. The molecule has 0 atom stereocenters. The van der Waals surface area contributed by atoms with Crippen LogP contribution in [0.2, 0.25) is 0 Å². The molecule has 6 nitrogen and oxygen atoms in total. The maximum atomic E-state index is 11.4. The van der Waals surface area contributed by atoms with Gasteiger partial charge in [-0.05, 0) is 6.92 Å². The molecule has 0 amide bonds. The Morgan fingerprint density at radius 3 is 3.12 bits per heavy atom. The molecule has 0 aliphatic rings. The minimum Gasteiger partial charge on any atom is -0.461 e. The van der Waals surface area contributed by atoms with E-state index in [4.69, 9.17) is 10.5 Å². The quantitative estimate of drug-likeness (QED) is 0.786. The first kappa shape index (κ1) is 10.6. The van der Waals surface area contributed by atoms with Crippen molar-refractivity contribution in [2.45, 2.75) is 6.92 Å². The van der Waals surface area contributed by atoms with E-state index in [0.29, 0.717) is 28.7 Å². The Balaban J connectivity index is 2.26. The number of ether oxygens (including phenoxy) is 1. The van der Waals surface area contributed by atoms with Crippen molar-refractivity contribution in [1.29, 1.82) is 0 Å². The highest BCUT2D eigenvalue weighted by molar-refractivity contribution is 7.13. The first-order valence-corrected chi connectivity index (χ1v) is 5.52. The molecule has 16 heavy (non-hydrogen) atoms. The minimum atomic E-state index is -0.424. The number of aromatic amines is 1. The summed E-state index contributed by atoms with van der Waals surface area (Å²) in [5.41, 5.74) is 6.64. The van der Waals surface area contributed by atoms with Crippen LogP contribution < -0.4 is 5.73 Å². The molecule has 0 radical (unpaired) electrons. The van der Waals surface area contributed by atoms with E-state index in [0.717, 1.165) is 0 Å². The molecule has 0 bridgehead atoms. The van der Waals surface area contributed by atoms with Gasteiger partial charge < -0.3 is 10.5 Å². The average molecular weight is 238 g/mol. The van der Waals surface area contributed by atoms with Gasteiger partial charge >= 0.3 is 5.97 Å². The molecule has 0 aliphatic carbocycles. The second-order valence-corrected chi connectivity index (χ2v) is 3.81. The smallest absolute Gasteiger partial charge is 0.357 e. The first-order chi connectivity index (χ1) is 7.72. The van der Waals surface area contributed by atoms with Gasteiger partial charge in [0.05, 0.1) is 18.4 Å². The predicted molar refractivity (Wildman–Crippen MR) is 60.1 cm³/mol. The van der Waals surface area contributed by atoms with Crippen molar-refractivity contribution in [3.63, 3.8) is 0 Å². The van der Waals surface area contributed by atoms with Crippen LogP contribution in [0.4, 0.5) is 5.82 Å². The topological polar surface area (TPSA) is 93.9 Å². The lowest BCUT2D eigenvalue weighted by Crippen LogP contribution is -2.04. The van der Waals surface area contributed by atoms with Crippen LogP contribution in [0, 0.1) is 0 Å². The van der Waals surface area contributed by atoms with Crippen molar-refractivity contribution >= 4 is 23.1 Å². The molecular formula is C9H10N4O2S. The fourth-order valence-electron chi connectivity index (χ4n) is 1.16. The van der Waals surface area contributed by atoms with Crippen LogP contribution in [0.5, 0.6) is 0 Å². The number of carbonyl (C=O) groups excluding carboxylic acids is 1. The number of hydrogen-bond acceptors (Lipinski definition) is 6. The maximum Gasteiger partial charge on any atom is 0.357 e. The zero-order chi connectivity index (χ0) is 11.5. The molecule has 0 saturated carbocycles. The van der Waals surface area contributed by atoms with Crippen molar-refractivity contribution in [2.75, 3.05) is 12.3 Å². The zero-order valence-corrected chi connectivity index (χ0v) is 9.37. The fraction of sp³-hybridized carbons (Fsp3) is 0.222. The average Bonchev–Trinajstić information content (AvgIpc) is 2.86. The zero-order valence-electron chi connectivity index (χ0n) is 8.56. The number of carbonyl (C=O) groups is 1. The third kappa shape index (κ3) is 1.89. The largest absolute Gasteiger partial charge is 0.461 e. The van der Waals surface area contributed by atoms with Crippen molar-refractivity contribution < 1.29 is 9.53 Å². The second-order valence-electron chi connectivity index (χ2n) is 2.96. The number of rotatable bonds is 3. The monoisotopic (exact) mass is 238 g/mol. The third-order valence-corrected chi connectivity index (χ3v) is 2.76. The number of nitrogens with zero attached hydrogens (tertiary/aromatic N) is 2. The van der Waals surface area contributed by atoms with Crippen molar-refractivity contribution in [3.05, 3.63) is 17.3 Å². The van der Waals surface area contributed by atoms with Gasteiger partial charge in [0.25, 0.3) is 0 Å². The van der Waals surface area contributed by atoms with Crippen LogP contribution in [-0.2, 0) is 4.74 Å². The minimum absolute atomic E-state index is 0.294. The molecule has 0 unspecified atom stereocenters. The summed E-state index contributed by atoms with van der Waals surface area (Å²) >= 11 is 1.32. The van der Waals surface area contributed by atoms with E-state index in [1.165, 1.54) is 11.3 Å². The maximum absolute atomic E-state index is 11.4. The summed E-state index contributed by atoms with van der Waals surface area (Å²) in [6, 6.07) is 0. The molecule has 84 valence electrons. The molecule has 2 aromatic heterocycles. The number of nitrogens with one attached hydrogen (secondary N) is 1. The summed E-state index contributed by atoms with van der Waals surface area (Å²) in [4.78, 5) is 15.5. The van der Waals surface area contributed by atoms with E-state index >= 15 is 0 Å². The van der Waals surface area contributed by atoms with Gasteiger partial charge in [-0.15, -0.1) is 11.3 Å². The summed E-state index contributed by atoms with van der Waals surface area (Å²) in [5.74, 6) is 0.0109. The first-order valence-electron chi connectivity index (χ1n) is 4.64. The van der Waals surface area contributed by atoms with Gasteiger partial charge in [0.15, 0.2) is 5.69 Å². The van der Waals surface area contributed by atoms with Crippen molar-refractivity contribution in [1.82, 2.24) is 15.2 Å². The Morgan fingerprint density at radius 2 is 2.50 bits per heavy atom. The number of nitrogen functional groups attached to an aromatic ring is 1. The summed E-state index contributed by atoms with van der Waals surface area (Å²) in [7, 11) is 0. The molecule has 2 rings (SSSR count). The normalized spacial score (nSPS) is 10.3. The Morgan fingerprint density at radius 1 is 1.69 bits per heavy atom. The van der Waals surface area contributed by atoms with Gasteiger partial charge in [-0.2, -0.15) is 5.10 Å². The Labute approximate surface area is 95.5 Å². The molecule has 0 aliphatic heterocycles. The third-order valence-electron chi connectivity index (χ3n) is 1.89. The standard InChI is InChI=1S/C9H10N4O2S/c1-2-15-9(14)6-4-16-8(12-6)5-3-11-13-7(5)10/h3-4H,2H2,1H3,(H3,10,11,13). The van der Waals surface area contributed by atoms with Crippen LogP contribution in [0.3, 0.4) is 0 Å². The molecule has 0 saturated heterocycles. The molecule has 2 heterocycles. The van der Waals surface area contributed by atoms with Crippen LogP contribution in [0.1, 0.15) is 17.4 Å². The molecule has 0 aromatic carbocycles. The lowest BCUT2D eigenvalue weighted by Gasteiger charge is -1.96. The predicted octanol–water partition coefficient (Wildman–Crippen LogP) is 1.29. The number of anilines is 1. The summed E-state index contributed by atoms with van der Waals surface area (Å²) < 4.78 is 4.84. The number of aromatic nitrogens is 3. The van der Waals surface area contributed by atoms with Crippen molar-refractivity contribution in [2.24, 2.45) is 0 Å². The second kappa shape index (κ2) is 4.31. The number of thiazole rings is 1. The van der Waals surface area contributed by atoms with Gasteiger partial charge in [-0.3, -0.25) is 5.10 Å². The van der Waals surface area contributed by atoms with Crippen LogP contribution in [0.25, 0.3) is 10.6 Å². The van der Waals surface area contributed by atoms with E-state index < -0.39 is 5.97 Å². The molecule has 0 fully saturated rings. The van der Waals surface area contributed by atoms with Crippen molar-refractivity contribution in [3.8, 4) is 10.6 Å². The van der Waals surface area contributed by atoms with Crippen LogP contribution in [0.15, 0.2) is 11.6 Å². The summed E-state index contributed by atoms with van der Waals surface area (Å²) in [5, 5.41) is 8.68. The highest BCUT2D eigenvalue weighted by Crippen LogP contribution is 2.27. The van der Waals surface area contributed by atoms with Crippen LogP contribution >= 0.6 is 11.3 Å². The number of H-pyrrole nitrogens is 1. The lowest BCUT2D eigenvalue weighted by molar-refractivity contribution is 0.0520. The molecule has 3 N–H and O–H groups in total. The number of hydrogen-bond donors (Lipinski definition) is 2. The van der Waals surface area contributed by atoms with E-state index in [1.807, 2.05) is 0 Å². The molecule has 7 heteroatoms. The highest BCUT2D eigenvalue weighted by atomic mass is 32.1. The van der Waals surface area contributed by atoms with Gasteiger partial charge in [-0.1, -0.05) is 0 Å². The summed E-state index contributed by atoms with van der Waals surface area (Å²) in [6.45, 7) is 2.08. The van der Waals surface area contributed by atoms with Gasteiger partial charge in [0.1, 0.15) is 10.8 Å². The SMILES string of the molecule is CCOC(=O)c1csc(-c2cn[nH]c2N)n1.